The van der Waals surface area contributed by atoms with Gasteiger partial charge in [-0.05, 0) is 49.4 Å². The molecule has 0 aromatic carbocycles. The van der Waals surface area contributed by atoms with E-state index in [2.05, 4.69) is 28.6 Å². The van der Waals surface area contributed by atoms with Crippen molar-refractivity contribution in [3.8, 4) is 0 Å². The Bertz CT molecular complexity index is 622. The summed E-state index contributed by atoms with van der Waals surface area (Å²) < 4.78 is 0. The molecule has 0 fully saturated rings. The highest BCUT2D eigenvalue weighted by Crippen LogP contribution is 2.16. The number of hydrogen-bond donors (Lipinski definition) is 2. The molecule has 1 amide bonds. The zero-order valence-corrected chi connectivity index (χ0v) is 13.5. The van der Waals surface area contributed by atoms with E-state index in [4.69, 9.17) is 0 Å². The first kappa shape index (κ1) is 15.5. The Kier molecular flexibility index (Phi) is 5.33. The van der Waals surface area contributed by atoms with E-state index in [0.29, 0.717) is 12.1 Å². The Balaban J connectivity index is 2.10. The molecule has 112 valence electrons. The minimum atomic E-state index is -0.0564. The Morgan fingerprint density at radius 3 is 2.76 bits per heavy atom. The van der Waals surface area contributed by atoms with Gasteiger partial charge in [-0.2, -0.15) is 0 Å². The van der Waals surface area contributed by atoms with E-state index in [1.807, 2.05) is 25.3 Å². The maximum atomic E-state index is 12.3. The highest BCUT2D eigenvalue weighted by atomic mass is 32.1. The minimum Gasteiger partial charge on any atom is -0.370 e. The van der Waals surface area contributed by atoms with Gasteiger partial charge in [-0.3, -0.25) is 4.79 Å². The second-order valence-corrected chi connectivity index (χ2v) is 5.83. The first-order chi connectivity index (χ1) is 10.1. The SMILES string of the molecule is CCNc1cc(C(=O)NCc2sccc2C)cc(CC)n1. The van der Waals surface area contributed by atoms with Crippen molar-refractivity contribution in [2.75, 3.05) is 11.9 Å². The first-order valence-electron chi connectivity index (χ1n) is 7.20. The first-order valence-corrected chi connectivity index (χ1v) is 8.08. The van der Waals surface area contributed by atoms with Gasteiger partial charge in [0, 0.05) is 22.7 Å². The molecule has 0 bridgehead atoms. The molecular formula is C16H21N3OS. The zero-order valence-electron chi connectivity index (χ0n) is 12.7. The molecule has 0 aliphatic rings. The highest BCUT2D eigenvalue weighted by molar-refractivity contribution is 7.10. The largest absolute Gasteiger partial charge is 0.370 e. The number of amides is 1. The van der Waals surface area contributed by atoms with Crippen LogP contribution in [-0.2, 0) is 13.0 Å². The average molecular weight is 303 g/mol. The molecular weight excluding hydrogens is 282 g/mol. The van der Waals surface area contributed by atoms with Gasteiger partial charge in [0.2, 0.25) is 0 Å². The van der Waals surface area contributed by atoms with Gasteiger partial charge in [-0.25, -0.2) is 4.98 Å². The van der Waals surface area contributed by atoms with Crippen LogP contribution < -0.4 is 10.6 Å². The number of pyridine rings is 1. The molecule has 0 aliphatic heterocycles. The highest BCUT2D eigenvalue weighted by Gasteiger charge is 2.10. The molecule has 2 heterocycles. The van der Waals surface area contributed by atoms with E-state index in [1.165, 1.54) is 10.4 Å². The Morgan fingerprint density at radius 2 is 2.14 bits per heavy atom. The van der Waals surface area contributed by atoms with E-state index in [-0.39, 0.29) is 5.91 Å². The van der Waals surface area contributed by atoms with Crippen LogP contribution in [0.25, 0.3) is 0 Å². The van der Waals surface area contributed by atoms with E-state index in [0.717, 1.165) is 24.5 Å². The number of carbonyl (C=O) groups is 1. The number of rotatable bonds is 6. The van der Waals surface area contributed by atoms with Gasteiger partial charge < -0.3 is 10.6 Å². The summed E-state index contributed by atoms with van der Waals surface area (Å²) in [4.78, 5) is 18.0. The Labute approximate surface area is 129 Å². The molecule has 0 saturated carbocycles. The quantitative estimate of drug-likeness (QED) is 0.860. The van der Waals surface area contributed by atoms with Crippen molar-refractivity contribution in [2.24, 2.45) is 0 Å². The molecule has 5 heteroatoms. The molecule has 21 heavy (non-hydrogen) atoms. The van der Waals surface area contributed by atoms with Crippen LogP contribution in [0.1, 0.15) is 40.3 Å². The molecule has 2 aromatic heterocycles. The molecule has 0 radical (unpaired) electrons. The van der Waals surface area contributed by atoms with Gasteiger partial charge >= 0.3 is 0 Å². The van der Waals surface area contributed by atoms with Crippen LogP contribution in [0.5, 0.6) is 0 Å². The summed E-state index contributed by atoms with van der Waals surface area (Å²) in [6.45, 7) is 7.47. The summed E-state index contributed by atoms with van der Waals surface area (Å²) in [5.74, 6) is 0.702. The van der Waals surface area contributed by atoms with Gasteiger partial charge in [0.05, 0.1) is 6.54 Å². The average Bonchev–Trinajstić information content (AvgIpc) is 2.90. The van der Waals surface area contributed by atoms with Crippen molar-refractivity contribution in [2.45, 2.75) is 33.7 Å². The van der Waals surface area contributed by atoms with Crippen LogP contribution >= 0.6 is 11.3 Å². The van der Waals surface area contributed by atoms with Crippen molar-refractivity contribution in [3.05, 3.63) is 45.3 Å². The Morgan fingerprint density at radius 1 is 1.33 bits per heavy atom. The van der Waals surface area contributed by atoms with Crippen molar-refractivity contribution in [1.29, 1.82) is 0 Å². The standard InChI is InChI=1S/C16H21N3OS/c1-4-13-8-12(9-15(19-13)17-5-2)16(20)18-10-14-11(3)6-7-21-14/h6-9H,4-5,10H2,1-3H3,(H,17,19)(H,18,20). The predicted octanol–water partition coefficient (Wildman–Crippen LogP) is 3.38. The van der Waals surface area contributed by atoms with Gasteiger partial charge in [0.1, 0.15) is 5.82 Å². The fourth-order valence-electron chi connectivity index (χ4n) is 2.02. The molecule has 2 rings (SSSR count). The van der Waals surface area contributed by atoms with Crippen molar-refractivity contribution < 1.29 is 4.79 Å². The summed E-state index contributed by atoms with van der Waals surface area (Å²) in [7, 11) is 0. The molecule has 2 N–H and O–H groups in total. The third-order valence-electron chi connectivity index (χ3n) is 3.24. The summed E-state index contributed by atoms with van der Waals surface area (Å²) in [6.07, 6.45) is 0.809. The number of aromatic nitrogens is 1. The fraction of sp³-hybridized carbons (Fsp3) is 0.375. The maximum Gasteiger partial charge on any atom is 0.251 e. The Hall–Kier alpha value is -1.88. The van der Waals surface area contributed by atoms with Crippen molar-refractivity contribution in [1.82, 2.24) is 10.3 Å². The molecule has 2 aromatic rings. The third-order valence-corrected chi connectivity index (χ3v) is 4.26. The van der Waals surface area contributed by atoms with Gasteiger partial charge in [0.15, 0.2) is 0 Å². The monoisotopic (exact) mass is 303 g/mol. The lowest BCUT2D eigenvalue weighted by atomic mass is 10.1. The molecule has 0 aliphatic carbocycles. The normalized spacial score (nSPS) is 10.4. The lowest BCUT2D eigenvalue weighted by Gasteiger charge is -2.09. The summed E-state index contributed by atoms with van der Waals surface area (Å²) in [6, 6.07) is 5.73. The third kappa shape index (κ3) is 4.04. The number of carbonyl (C=O) groups excluding carboxylic acids is 1. The number of aryl methyl sites for hydroxylation is 2. The molecule has 0 unspecified atom stereocenters. The smallest absolute Gasteiger partial charge is 0.251 e. The van der Waals surface area contributed by atoms with Crippen molar-refractivity contribution >= 4 is 23.1 Å². The predicted molar refractivity (Wildman–Crippen MR) is 88.0 cm³/mol. The van der Waals surface area contributed by atoms with Crippen LogP contribution in [-0.4, -0.2) is 17.4 Å². The number of hydrogen-bond acceptors (Lipinski definition) is 4. The lowest BCUT2D eigenvalue weighted by molar-refractivity contribution is 0.0951. The second-order valence-electron chi connectivity index (χ2n) is 4.83. The number of thiophene rings is 1. The molecule has 0 spiro atoms. The van der Waals surface area contributed by atoms with Crippen LogP contribution in [0.15, 0.2) is 23.6 Å². The maximum absolute atomic E-state index is 12.3. The summed E-state index contributed by atoms with van der Waals surface area (Å²) in [5.41, 5.74) is 2.80. The lowest BCUT2D eigenvalue weighted by Crippen LogP contribution is -2.23. The van der Waals surface area contributed by atoms with Gasteiger partial charge in [0.25, 0.3) is 5.91 Å². The minimum absolute atomic E-state index is 0.0564. The molecule has 0 atom stereocenters. The van der Waals surface area contributed by atoms with E-state index in [1.54, 1.807) is 17.4 Å². The zero-order chi connectivity index (χ0) is 15.2. The summed E-state index contributed by atoms with van der Waals surface area (Å²) >= 11 is 1.67. The number of nitrogens with one attached hydrogen (secondary N) is 2. The van der Waals surface area contributed by atoms with E-state index < -0.39 is 0 Å². The van der Waals surface area contributed by atoms with Gasteiger partial charge in [-0.1, -0.05) is 6.92 Å². The summed E-state index contributed by atoms with van der Waals surface area (Å²) in [5, 5.41) is 8.19. The van der Waals surface area contributed by atoms with E-state index in [9.17, 15) is 4.79 Å². The fourth-order valence-corrected chi connectivity index (χ4v) is 2.87. The topological polar surface area (TPSA) is 54.0 Å². The number of anilines is 1. The van der Waals surface area contributed by atoms with Gasteiger partial charge in [-0.15, -0.1) is 11.3 Å². The molecule has 4 nitrogen and oxygen atoms in total. The van der Waals surface area contributed by atoms with Crippen LogP contribution in [0, 0.1) is 6.92 Å². The number of nitrogens with zero attached hydrogens (tertiary/aromatic N) is 1. The van der Waals surface area contributed by atoms with Crippen LogP contribution in [0.3, 0.4) is 0 Å². The van der Waals surface area contributed by atoms with Crippen LogP contribution in [0.4, 0.5) is 5.82 Å². The van der Waals surface area contributed by atoms with Crippen molar-refractivity contribution in [3.63, 3.8) is 0 Å². The van der Waals surface area contributed by atoms with E-state index >= 15 is 0 Å². The molecule has 0 saturated heterocycles. The van der Waals surface area contributed by atoms with Crippen LogP contribution in [0.2, 0.25) is 0 Å². The second kappa shape index (κ2) is 7.22.